The fraction of sp³-hybridized carbons (Fsp3) is 0.129. The number of imidazole rings is 1. The fourth-order valence-corrected chi connectivity index (χ4v) is 4.84. The number of fused-ring (bicyclic) bond motifs is 1. The van der Waals surface area contributed by atoms with Gasteiger partial charge < -0.3 is 15.4 Å². The van der Waals surface area contributed by atoms with E-state index in [1.165, 1.54) is 18.2 Å². The number of aromatic amines is 1. The summed E-state index contributed by atoms with van der Waals surface area (Å²) in [6.07, 6.45) is 1.44. The van der Waals surface area contributed by atoms with Gasteiger partial charge in [-0.2, -0.15) is 0 Å². The molecule has 3 N–H and O–H groups in total. The van der Waals surface area contributed by atoms with Crippen molar-refractivity contribution in [2.24, 2.45) is 0 Å². The number of carbonyl (C=O) groups excluding carboxylic acids is 1. The minimum absolute atomic E-state index is 0.0453. The average molecular weight is 542 g/mol. The molecule has 5 aromatic rings. The maximum absolute atomic E-state index is 13.4. The number of halogens is 2. The van der Waals surface area contributed by atoms with Crippen LogP contribution in [-0.4, -0.2) is 27.0 Å². The van der Waals surface area contributed by atoms with Crippen LogP contribution in [-0.2, 0) is 0 Å². The lowest BCUT2D eigenvalue weighted by Gasteiger charge is -2.19. The van der Waals surface area contributed by atoms with Gasteiger partial charge in [0.05, 0.1) is 22.6 Å². The Hall–Kier alpha value is -4.49. The number of hydrogen-bond donors (Lipinski definition) is 3. The van der Waals surface area contributed by atoms with Gasteiger partial charge in [-0.3, -0.25) is 4.79 Å². The molecule has 0 aliphatic rings. The van der Waals surface area contributed by atoms with Gasteiger partial charge in [0.25, 0.3) is 5.91 Å². The quantitative estimate of drug-likeness (QED) is 0.188. The zero-order valence-corrected chi connectivity index (χ0v) is 21.8. The number of aromatic carboxylic acids is 1. The number of para-hydroxylation sites is 2. The molecule has 0 aliphatic carbocycles. The normalized spacial score (nSPS) is 11.9. The second-order valence-electron chi connectivity index (χ2n) is 9.22. The highest BCUT2D eigenvalue weighted by Crippen LogP contribution is 2.36. The number of carbonyl (C=O) groups is 2. The predicted octanol–water partition coefficient (Wildman–Crippen LogP) is 7.66. The van der Waals surface area contributed by atoms with Gasteiger partial charge in [-0.05, 0) is 77.7 Å². The van der Waals surface area contributed by atoms with Crippen LogP contribution in [0, 0.1) is 5.82 Å². The molecule has 0 radical (unpaired) electrons. The van der Waals surface area contributed by atoms with E-state index in [1.807, 2.05) is 31.2 Å². The number of carboxylic acid groups (broad SMARTS) is 1. The third kappa shape index (κ3) is 5.54. The molecular formula is C31H25ClFN3O3. The third-order valence-corrected chi connectivity index (χ3v) is 6.82. The molecule has 5 rings (SSSR count). The summed E-state index contributed by atoms with van der Waals surface area (Å²) in [7, 11) is 0. The summed E-state index contributed by atoms with van der Waals surface area (Å²) < 4.78 is 13.4. The molecule has 196 valence electrons. The topological polar surface area (TPSA) is 95.1 Å². The van der Waals surface area contributed by atoms with E-state index < -0.39 is 11.9 Å². The number of amides is 1. The van der Waals surface area contributed by atoms with Crippen LogP contribution < -0.4 is 5.32 Å². The highest BCUT2D eigenvalue weighted by molar-refractivity contribution is 6.31. The van der Waals surface area contributed by atoms with Gasteiger partial charge in [0.1, 0.15) is 11.6 Å². The molecule has 1 atom stereocenters. The van der Waals surface area contributed by atoms with Gasteiger partial charge in [-0.15, -0.1) is 0 Å². The van der Waals surface area contributed by atoms with Crippen molar-refractivity contribution in [1.82, 2.24) is 15.3 Å². The van der Waals surface area contributed by atoms with Crippen LogP contribution in [0.3, 0.4) is 0 Å². The predicted molar refractivity (Wildman–Crippen MR) is 150 cm³/mol. The molecule has 1 amide bonds. The van der Waals surface area contributed by atoms with Gasteiger partial charge in [0.2, 0.25) is 0 Å². The molecule has 1 heterocycles. The number of carboxylic acids is 1. The first-order chi connectivity index (χ1) is 18.8. The smallest absolute Gasteiger partial charge is 0.336 e. The molecule has 6 nitrogen and oxygen atoms in total. The van der Waals surface area contributed by atoms with E-state index >= 15 is 0 Å². The summed E-state index contributed by atoms with van der Waals surface area (Å²) in [5.41, 5.74) is 4.21. The Morgan fingerprint density at radius 2 is 1.72 bits per heavy atom. The minimum atomic E-state index is -1.18. The summed E-state index contributed by atoms with van der Waals surface area (Å²) in [6, 6.07) is 23.0. The first kappa shape index (κ1) is 26.1. The van der Waals surface area contributed by atoms with Crippen LogP contribution in [0.1, 0.15) is 52.1 Å². The number of rotatable bonds is 8. The molecular weight excluding hydrogens is 517 g/mol. The zero-order valence-electron chi connectivity index (χ0n) is 21.0. The van der Waals surface area contributed by atoms with Gasteiger partial charge in [-0.25, -0.2) is 14.2 Å². The lowest BCUT2D eigenvalue weighted by atomic mass is 9.93. The number of hydrogen-bond acceptors (Lipinski definition) is 3. The lowest BCUT2D eigenvalue weighted by molar-refractivity contribution is 0.0697. The fourth-order valence-electron chi connectivity index (χ4n) is 4.67. The first-order valence-electron chi connectivity index (χ1n) is 12.5. The van der Waals surface area contributed by atoms with Crippen LogP contribution in [0.4, 0.5) is 4.39 Å². The average Bonchev–Trinajstić information content (AvgIpc) is 3.37. The number of benzene rings is 4. The lowest BCUT2D eigenvalue weighted by Crippen LogP contribution is -2.28. The first-order valence-corrected chi connectivity index (χ1v) is 12.9. The van der Waals surface area contributed by atoms with Crippen molar-refractivity contribution < 1.29 is 19.1 Å². The van der Waals surface area contributed by atoms with E-state index in [9.17, 15) is 19.1 Å². The van der Waals surface area contributed by atoms with Crippen LogP contribution >= 0.6 is 11.6 Å². The third-order valence-electron chi connectivity index (χ3n) is 6.58. The second-order valence-corrected chi connectivity index (χ2v) is 9.66. The largest absolute Gasteiger partial charge is 0.478 e. The molecule has 8 heteroatoms. The van der Waals surface area contributed by atoms with Crippen molar-refractivity contribution >= 4 is 34.5 Å². The van der Waals surface area contributed by atoms with Crippen molar-refractivity contribution in [3.63, 3.8) is 0 Å². The maximum atomic E-state index is 13.4. The number of aromatic nitrogens is 2. The monoisotopic (exact) mass is 541 g/mol. The molecule has 39 heavy (non-hydrogen) atoms. The van der Waals surface area contributed by atoms with Gasteiger partial charge in [-0.1, -0.05) is 55.3 Å². The summed E-state index contributed by atoms with van der Waals surface area (Å²) in [6.45, 7) is 1.99. The zero-order chi connectivity index (χ0) is 27.5. The Morgan fingerprint density at radius 3 is 2.44 bits per heavy atom. The van der Waals surface area contributed by atoms with Crippen molar-refractivity contribution in [2.45, 2.75) is 25.8 Å². The highest BCUT2D eigenvalue weighted by Gasteiger charge is 2.21. The second kappa shape index (κ2) is 11.1. The Balaban J connectivity index is 1.53. The van der Waals surface area contributed by atoms with Crippen molar-refractivity contribution in [3.8, 4) is 22.5 Å². The summed E-state index contributed by atoms with van der Waals surface area (Å²) >= 11 is 6.34. The van der Waals surface area contributed by atoms with E-state index in [0.717, 1.165) is 23.0 Å². The molecule has 0 saturated carbocycles. The molecule has 0 aliphatic heterocycles. The summed E-state index contributed by atoms with van der Waals surface area (Å²) in [5.74, 6) is -1.39. The molecule has 0 bridgehead atoms. The van der Waals surface area contributed by atoms with Gasteiger partial charge >= 0.3 is 5.97 Å². The van der Waals surface area contributed by atoms with E-state index in [1.54, 1.807) is 42.5 Å². The van der Waals surface area contributed by atoms with Crippen molar-refractivity contribution in [3.05, 3.63) is 112 Å². The molecule has 1 unspecified atom stereocenters. The minimum Gasteiger partial charge on any atom is -0.478 e. The van der Waals surface area contributed by atoms with E-state index in [0.29, 0.717) is 34.0 Å². The molecule has 0 saturated heterocycles. The molecule has 4 aromatic carbocycles. The number of nitrogens with one attached hydrogen (secondary N) is 2. The number of H-pyrrole nitrogens is 1. The van der Waals surface area contributed by atoms with Crippen LogP contribution in [0.5, 0.6) is 0 Å². The van der Waals surface area contributed by atoms with Crippen LogP contribution in [0.15, 0.2) is 84.9 Å². The Bertz CT molecular complexity index is 1650. The Kier molecular flexibility index (Phi) is 7.43. The van der Waals surface area contributed by atoms with E-state index in [4.69, 9.17) is 11.6 Å². The van der Waals surface area contributed by atoms with Crippen LogP contribution in [0.25, 0.3) is 33.5 Å². The summed E-state index contributed by atoms with van der Waals surface area (Å²) in [5, 5.41) is 13.5. The molecule has 1 aromatic heterocycles. The van der Waals surface area contributed by atoms with Gasteiger partial charge in [0.15, 0.2) is 0 Å². The molecule has 0 spiro atoms. The van der Waals surface area contributed by atoms with E-state index in [2.05, 4.69) is 15.3 Å². The maximum Gasteiger partial charge on any atom is 0.336 e. The van der Waals surface area contributed by atoms with Crippen molar-refractivity contribution in [2.75, 3.05) is 0 Å². The highest BCUT2D eigenvalue weighted by atomic mass is 35.5. The van der Waals surface area contributed by atoms with Gasteiger partial charge in [0, 0.05) is 16.1 Å². The summed E-state index contributed by atoms with van der Waals surface area (Å²) in [4.78, 5) is 33.6. The molecule has 0 fully saturated rings. The van der Waals surface area contributed by atoms with E-state index in [-0.39, 0.29) is 23.0 Å². The Morgan fingerprint density at radius 1 is 0.974 bits per heavy atom. The van der Waals surface area contributed by atoms with Crippen LogP contribution in [0.2, 0.25) is 5.02 Å². The number of nitrogens with zero attached hydrogens (tertiary/aromatic N) is 1. The van der Waals surface area contributed by atoms with Crippen molar-refractivity contribution in [1.29, 1.82) is 0 Å². The SMILES string of the molecule is CCCC(NC(=O)c1ccc(-c2cc(Cl)ccc2-c2nc3ccccc3[nH]2)c(C(=O)O)c1)c1ccc(F)cc1. The standard InChI is InChI=1S/C31H25ClFN3O3/c1-2-5-26(18-8-12-21(33)13-9-18)36-30(37)19-10-14-22(25(16-19)31(38)39)24-17-20(32)11-15-23(24)29-34-27-6-3-4-7-28(27)35-29/h3-4,6-17,26H,2,5H2,1H3,(H,34,35)(H,36,37)(H,38,39). The Labute approximate surface area is 229 Å².